The Morgan fingerprint density at radius 3 is 2.17 bits per heavy atom. The average Bonchev–Trinajstić information content (AvgIpc) is 2.76. The van der Waals surface area contributed by atoms with Crippen molar-refractivity contribution in [3.63, 3.8) is 0 Å². The number of aldehydes is 1. The Labute approximate surface area is 167 Å². The first-order valence-corrected chi connectivity index (χ1v) is 9.20. The van der Waals surface area contributed by atoms with E-state index >= 15 is 0 Å². The summed E-state index contributed by atoms with van der Waals surface area (Å²) in [5, 5.41) is 12.7. The van der Waals surface area contributed by atoms with Crippen molar-refractivity contribution in [1.82, 2.24) is 0 Å². The summed E-state index contributed by atoms with van der Waals surface area (Å²) in [7, 11) is 0. The quantitative estimate of drug-likeness (QED) is 0.436. The molecule has 0 aliphatic carbocycles. The minimum absolute atomic E-state index is 0.161. The maximum Gasteiger partial charge on any atom is 0.166 e. The van der Waals surface area contributed by atoms with Gasteiger partial charge in [0.05, 0.1) is 0 Å². The van der Waals surface area contributed by atoms with E-state index in [9.17, 15) is 18.7 Å². The molecule has 29 heavy (non-hydrogen) atoms. The fourth-order valence-electron chi connectivity index (χ4n) is 3.51. The van der Waals surface area contributed by atoms with Crippen molar-refractivity contribution in [2.45, 2.75) is 13.0 Å². The van der Waals surface area contributed by atoms with Crippen molar-refractivity contribution in [1.29, 1.82) is 0 Å². The average molecular weight is 388 g/mol. The van der Waals surface area contributed by atoms with Gasteiger partial charge in [-0.3, -0.25) is 4.79 Å². The molecule has 0 bridgehead atoms. The Morgan fingerprint density at radius 2 is 1.52 bits per heavy atom. The van der Waals surface area contributed by atoms with Crippen LogP contribution in [0.4, 0.5) is 8.78 Å². The van der Waals surface area contributed by atoms with Gasteiger partial charge in [-0.05, 0) is 52.1 Å². The molecule has 1 atom stereocenters. The molecule has 4 aromatic carbocycles. The van der Waals surface area contributed by atoms with Crippen LogP contribution in [0, 0.1) is 18.6 Å². The molecule has 0 amide bonds. The molecule has 1 N–H and O–H groups in total. The van der Waals surface area contributed by atoms with E-state index in [1.54, 1.807) is 36.4 Å². The second kappa shape index (κ2) is 7.57. The van der Waals surface area contributed by atoms with Gasteiger partial charge >= 0.3 is 0 Å². The van der Waals surface area contributed by atoms with Gasteiger partial charge in [0.2, 0.25) is 0 Å². The van der Waals surface area contributed by atoms with E-state index in [-0.39, 0.29) is 11.1 Å². The zero-order valence-corrected chi connectivity index (χ0v) is 15.7. The SMILES string of the molecule is Cc1ccc(-c2ccc(C(O)c3cc4ccccc4cc3C=O)cc2)c(F)c1F. The van der Waals surface area contributed by atoms with E-state index < -0.39 is 17.7 Å². The van der Waals surface area contributed by atoms with E-state index in [1.807, 2.05) is 24.3 Å². The van der Waals surface area contributed by atoms with Crippen molar-refractivity contribution >= 4 is 17.1 Å². The lowest BCUT2D eigenvalue weighted by Crippen LogP contribution is -2.04. The number of halogens is 2. The summed E-state index contributed by atoms with van der Waals surface area (Å²) in [4.78, 5) is 11.6. The summed E-state index contributed by atoms with van der Waals surface area (Å²) < 4.78 is 28.1. The minimum atomic E-state index is -1.02. The number of carbonyl (C=O) groups is 1. The highest BCUT2D eigenvalue weighted by Crippen LogP contribution is 2.31. The number of hydrogen-bond donors (Lipinski definition) is 1. The number of aryl methyl sites for hydroxylation is 1. The van der Waals surface area contributed by atoms with Crippen LogP contribution in [0.2, 0.25) is 0 Å². The highest BCUT2D eigenvalue weighted by molar-refractivity contribution is 5.91. The first-order valence-electron chi connectivity index (χ1n) is 9.20. The lowest BCUT2D eigenvalue weighted by Gasteiger charge is -2.16. The third-order valence-corrected chi connectivity index (χ3v) is 5.19. The first-order chi connectivity index (χ1) is 14.0. The lowest BCUT2D eigenvalue weighted by atomic mass is 9.93. The van der Waals surface area contributed by atoms with Crippen molar-refractivity contribution in [3.05, 3.63) is 107 Å². The molecule has 0 spiro atoms. The van der Waals surface area contributed by atoms with Crippen molar-refractivity contribution < 1.29 is 18.7 Å². The van der Waals surface area contributed by atoms with Crippen molar-refractivity contribution in [3.8, 4) is 11.1 Å². The normalized spacial score (nSPS) is 12.1. The van der Waals surface area contributed by atoms with Crippen LogP contribution in [0.3, 0.4) is 0 Å². The van der Waals surface area contributed by atoms with E-state index in [1.165, 1.54) is 19.1 Å². The number of aliphatic hydroxyl groups is 1. The number of rotatable bonds is 4. The molecule has 0 aliphatic rings. The predicted octanol–water partition coefficient (Wildman–Crippen LogP) is 5.99. The maximum absolute atomic E-state index is 14.3. The lowest BCUT2D eigenvalue weighted by molar-refractivity contribution is 0.111. The number of fused-ring (bicyclic) bond motifs is 1. The van der Waals surface area contributed by atoms with Crippen LogP contribution < -0.4 is 0 Å². The Bertz CT molecular complexity index is 1210. The van der Waals surface area contributed by atoms with E-state index in [4.69, 9.17) is 0 Å². The summed E-state index contributed by atoms with van der Waals surface area (Å²) in [6.45, 7) is 1.51. The molecule has 0 aromatic heterocycles. The third kappa shape index (κ3) is 3.43. The zero-order valence-electron chi connectivity index (χ0n) is 15.7. The smallest absolute Gasteiger partial charge is 0.166 e. The summed E-state index contributed by atoms with van der Waals surface area (Å²) in [5.41, 5.74) is 2.38. The molecule has 0 saturated heterocycles. The van der Waals surface area contributed by atoms with Crippen LogP contribution in [0.15, 0.2) is 72.8 Å². The molecule has 4 heteroatoms. The van der Waals surface area contributed by atoms with Crippen LogP contribution in [0.5, 0.6) is 0 Å². The highest BCUT2D eigenvalue weighted by Gasteiger charge is 2.17. The van der Waals surface area contributed by atoms with Gasteiger partial charge in [0.1, 0.15) is 12.4 Å². The first kappa shape index (κ1) is 19.0. The zero-order chi connectivity index (χ0) is 20.5. The molecule has 144 valence electrons. The highest BCUT2D eigenvalue weighted by atomic mass is 19.2. The van der Waals surface area contributed by atoms with E-state index in [2.05, 4.69) is 0 Å². The topological polar surface area (TPSA) is 37.3 Å². The van der Waals surface area contributed by atoms with Gasteiger partial charge in [0.25, 0.3) is 0 Å². The van der Waals surface area contributed by atoms with Gasteiger partial charge in [0.15, 0.2) is 11.6 Å². The standard InChI is InChI=1S/C25H18F2O2/c1-15-6-11-21(24(27)23(15)26)16-7-9-17(10-8-16)25(29)22-13-19-5-3-2-4-18(19)12-20(22)14-28/h2-14,25,29H,1H3. The molecule has 0 heterocycles. The molecule has 0 saturated carbocycles. The molecule has 1 unspecified atom stereocenters. The van der Waals surface area contributed by atoms with Crippen LogP contribution in [-0.2, 0) is 0 Å². The molecular formula is C25H18F2O2. The molecule has 0 aliphatic heterocycles. The van der Waals surface area contributed by atoms with Gasteiger partial charge < -0.3 is 5.11 Å². The Kier molecular flexibility index (Phi) is 4.95. The molecule has 0 fully saturated rings. The largest absolute Gasteiger partial charge is 0.384 e. The summed E-state index contributed by atoms with van der Waals surface area (Å²) >= 11 is 0. The molecule has 0 radical (unpaired) electrons. The number of benzene rings is 4. The number of hydrogen-bond acceptors (Lipinski definition) is 2. The fraction of sp³-hybridized carbons (Fsp3) is 0.0800. The molecule has 2 nitrogen and oxygen atoms in total. The Balaban J connectivity index is 1.72. The van der Waals surface area contributed by atoms with E-state index in [0.29, 0.717) is 22.3 Å². The van der Waals surface area contributed by atoms with Gasteiger partial charge in [-0.1, -0.05) is 60.7 Å². The summed E-state index contributed by atoms with van der Waals surface area (Å²) in [5.74, 6) is -1.76. The summed E-state index contributed by atoms with van der Waals surface area (Å²) in [6, 6.07) is 20.8. The Hall–Kier alpha value is -3.37. The third-order valence-electron chi connectivity index (χ3n) is 5.19. The van der Waals surface area contributed by atoms with Gasteiger partial charge in [0, 0.05) is 11.1 Å². The summed E-state index contributed by atoms with van der Waals surface area (Å²) in [6.07, 6.45) is -0.294. The minimum Gasteiger partial charge on any atom is -0.384 e. The van der Waals surface area contributed by atoms with Gasteiger partial charge in [-0.15, -0.1) is 0 Å². The van der Waals surface area contributed by atoms with Crippen LogP contribution >= 0.6 is 0 Å². The second-order valence-corrected chi connectivity index (χ2v) is 7.03. The van der Waals surface area contributed by atoms with Crippen molar-refractivity contribution in [2.75, 3.05) is 0 Å². The van der Waals surface area contributed by atoms with Crippen LogP contribution in [0.25, 0.3) is 21.9 Å². The van der Waals surface area contributed by atoms with E-state index in [0.717, 1.165) is 17.1 Å². The maximum atomic E-state index is 14.3. The Morgan fingerprint density at radius 1 is 0.862 bits per heavy atom. The van der Waals surface area contributed by atoms with Gasteiger partial charge in [-0.2, -0.15) is 0 Å². The monoisotopic (exact) mass is 388 g/mol. The molecule has 4 aromatic rings. The molecular weight excluding hydrogens is 370 g/mol. The molecule has 4 rings (SSSR count). The predicted molar refractivity (Wildman–Crippen MR) is 110 cm³/mol. The van der Waals surface area contributed by atoms with Gasteiger partial charge in [-0.25, -0.2) is 8.78 Å². The van der Waals surface area contributed by atoms with Crippen LogP contribution in [0.1, 0.15) is 33.2 Å². The second-order valence-electron chi connectivity index (χ2n) is 7.03. The fourth-order valence-corrected chi connectivity index (χ4v) is 3.51. The number of aliphatic hydroxyl groups excluding tert-OH is 1. The van der Waals surface area contributed by atoms with Crippen LogP contribution in [-0.4, -0.2) is 11.4 Å². The van der Waals surface area contributed by atoms with Crippen molar-refractivity contribution in [2.24, 2.45) is 0 Å². The number of carbonyl (C=O) groups excluding carboxylic acids is 1.